The minimum atomic E-state index is -0.174. The average molecular weight is 262 g/mol. The molecule has 4 rings (SSSR count). The first kappa shape index (κ1) is 12.4. The molecule has 2 nitrogen and oxygen atoms in total. The maximum atomic E-state index is 10.1. The zero-order chi connectivity index (χ0) is 13.0. The molecule has 0 radical (unpaired) electrons. The topological polar surface area (TPSA) is 40.5 Å². The van der Waals surface area contributed by atoms with Gasteiger partial charge in [0, 0.05) is 0 Å². The molecule has 19 heavy (non-hydrogen) atoms. The predicted octanol–water partition coefficient (Wildman–Crippen LogP) is 2.89. The summed E-state index contributed by atoms with van der Waals surface area (Å²) in [7, 11) is 0. The molecule has 2 heteroatoms. The number of allylic oxidation sites excluding steroid dienone is 1. The molecule has 7 atom stereocenters. The van der Waals surface area contributed by atoms with Crippen LogP contribution in [0.3, 0.4) is 0 Å². The van der Waals surface area contributed by atoms with E-state index in [0.717, 1.165) is 36.5 Å². The Morgan fingerprint density at radius 3 is 2.37 bits per heavy atom. The molecule has 4 aliphatic rings. The van der Waals surface area contributed by atoms with Crippen LogP contribution in [0.1, 0.15) is 51.4 Å². The van der Waals surface area contributed by atoms with Crippen molar-refractivity contribution < 1.29 is 10.2 Å². The van der Waals surface area contributed by atoms with E-state index in [-0.39, 0.29) is 12.2 Å². The summed E-state index contributed by atoms with van der Waals surface area (Å²) < 4.78 is 0. The molecular formula is C17H26O2. The molecule has 106 valence electrons. The van der Waals surface area contributed by atoms with Gasteiger partial charge in [-0.2, -0.15) is 0 Å². The number of hydrogen-bond acceptors (Lipinski definition) is 2. The average Bonchev–Trinajstić information content (AvgIpc) is 2.80. The lowest BCUT2D eigenvalue weighted by molar-refractivity contribution is 0.00732. The summed E-state index contributed by atoms with van der Waals surface area (Å²) in [5.41, 5.74) is 1.57. The monoisotopic (exact) mass is 262 g/mol. The number of aliphatic hydroxyl groups is 2. The van der Waals surface area contributed by atoms with Gasteiger partial charge in [0.2, 0.25) is 0 Å². The van der Waals surface area contributed by atoms with Gasteiger partial charge in [-0.1, -0.05) is 11.6 Å². The highest BCUT2D eigenvalue weighted by Gasteiger charge is 2.49. The summed E-state index contributed by atoms with van der Waals surface area (Å²) in [4.78, 5) is 0. The zero-order valence-corrected chi connectivity index (χ0v) is 11.7. The summed E-state index contributed by atoms with van der Waals surface area (Å²) in [6, 6.07) is 0. The lowest BCUT2D eigenvalue weighted by atomic mass is 9.56. The van der Waals surface area contributed by atoms with Crippen molar-refractivity contribution in [2.45, 2.75) is 63.6 Å². The van der Waals surface area contributed by atoms with Crippen LogP contribution in [0, 0.1) is 29.6 Å². The van der Waals surface area contributed by atoms with Gasteiger partial charge in [-0.3, -0.25) is 0 Å². The van der Waals surface area contributed by atoms with Crippen LogP contribution in [0.4, 0.5) is 0 Å². The van der Waals surface area contributed by atoms with Crippen molar-refractivity contribution in [1.29, 1.82) is 0 Å². The fourth-order valence-electron chi connectivity index (χ4n) is 5.94. The van der Waals surface area contributed by atoms with Crippen LogP contribution >= 0.6 is 0 Å². The van der Waals surface area contributed by atoms with E-state index < -0.39 is 0 Å². The van der Waals surface area contributed by atoms with Gasteiger partial charge in [0.05, 0.1) is 12.2 Å². The molecular weight excluding hydrogens is 236 g/mol. The molecule has 0 aromatic carbocycles. The Kier molecular flexibility index (Phi) is 3.00. The van der Waals surface area contributed by atoms with E-state index in [2.05, 4.69) is 6.08 Å². The standard InChI is InChI=1S/C17H26O2/c18-11-2-4-12-10(9-11)1-3-14-13(12)5-6-16-15(14)7-8-17(16)19/h9,11-19H,1-8H2/t11?,12-,13+,14+,15-,16-,17-/m0/s1. The number of hydrogen-bond donors (Lipinski definition) is 2. The summed E-state index contributed by atoms with van der Waals surface area (Å²) in [6.45, 7) is 0. The first-order valence-corrected chi connectivity index (χ1v) is 8.31. The molecule has 2 N–H and O–H groups in total. The van der Waals surface area contributed by atoms with E-state index in [1.54, 1.807) is 5.57 Å². The van der Waals surface area contributed by atoms with Crippen LogP contribution < -0.4 is 0 Å². The van der Waals surface area contributed by atoms with E-state index in [0.29, 0.717) is 5.92 Å². The quantitative estimate of drug-likeness (QED) is 0.659. The van der Waals surface area contributed by atoms with Crippen LogP contribution in [0.2, 0.25) is 0 Å². The summed E-state index contributed by atoms with van der Waals surface area (Å²) in [5, 5.41) is 20.0. The number of aliphatic hydroxyl groups excluding tert-OH is 2. The minimum absolute atomic E-state index is 0.00364. The zero-order valence-electron chi connectivity index (χ0n) is 11.7. The third kappa shape index (κ3) is 1.91. The maximum Gasteiger partial charge on any atom is 0.0723 e. The summed E-state index contributed by atoms with van der Waals surface area (Å²) >= 11 is 0. The van der Waals surface area contributed by atoms with Gasteiger partial charge in [0.15, 0.2) is 0 Å². The highest BCUT2D eigenvalue weighted by molar-refractivity contribution is 5.19. The van der Waals surface area contributed by atoms with Crippen LogP contribution in [-0.2, 0) is 0 Å². The van der Waals surface area contributed by atoms with Gasteiger partial charge in [0.1, 0.15) is 0 Å². The van der Waals surface area contributed by atoms with Crippen molar-refractivity contribution in [3.8, 4) is 0 Å². The Morgan fingerprint density at radius 1 is 0.737 bits per heavy atom. The molecule has 0 bridgehead atoms. The van der Waals surface area contributed by atoms with Gasteiger partial charge in [-0.25, -0.2) is 0 Å². The minimum Gasteiger partial charge on any atom is -0.393 e. The second kappa shape index (κ2) is 4.60. The maximum absolute atomic E-state index is 10.1. The van der Waals surface area contributed by atoms with Gasteiger partial charge < -0.3 is 10.2 Å². The number of rotatable bonds is 0. The van der Waals surface area contributed by atoms with Crippen molar-refractivity contribution in [2.75, 3.05) is 0 Å². The summed E-state index contributed by atoms with van der Waals surface area (Å²) in [5.74, 6) is 3.91. The Bertz CT molecular complexity index is 389. The Labute approximate surface area is 115 Å². The third-order valence-electron chi connectivity index (χ3n) is 6.71. The van der Waals surface area contributed by atoms with Crippen molar-refractivity contribution in [3.05, 3.63) is 11.6 Å². The Morgan fingerprint density at radius 2 is 1.47 bits per heavy atom. The van der Waals surface area contributed by atoms with Crippen molar-refractivity contribution in [1.82, 2.24) is 0 Å². The van der Waals surface area contributed by atoms with E-state index >= 15 is 0 Å². The molecule has 0 saturated heterocycles. The lowest BCUT2D eigenvalue weighted by Crippen LogP contribution is -2.42. The highest BCUT2D eigenvalue weighted by atomic mass is 16.3. The lowest BCUT2D eigenvalue weighted by Gasteiger charge is -2.49. The molecule has 0 amide bonds. The van der Waals surface area contributed by atoms with Crippen LogP contribution in [0.25, 0.3) is 0 Å². The van der Waals surface area contributed by atoms with Crippen LogP contribution in [0.15, 0.2) is 11.6 Å². The van der Waals surface area contributed by atoms with E-state index in [4.69, 9.17) is 0 Å². The van der Waals surface area contributed by atoms with E-state index in [1.807, 2.05) is 0 Å². The molecule has 3 fully saturated rings. The largest absolute Gasteiger partial charge is 0.393 e. The van der Waals surface area contributed by atoms with Crippen molar-refractivity contribution in [3.63, 3.8) is 0 Å². The van der Waals surface area contributed by atoms with Crippen molar-refractivity contribution in [2.24, 2.45) is 29.6 Å². The SMILES string of the molecule is OC1C=C2CC[C@H]3[C@@H]4CC[C@H](O)[C@H]4CC[C@@H]3[C@H]2CC1. The molecule has 0 aromatic heterocycles. The fourth-order valence-corrected chi connectivity index (χ4v) is 5.94. The van der Waals surface area contributed by atoms with Crippen LogP contribution in [-0.4, -0.2) is 22.4 Å². The number of fused-ring (bicyclic) bond motifs is 5. The van der Waals surface area contributed by atoms with E-state index in [1.165, 1.54) is 38.5 Å². The molecule has 4 aliphatic carbocycles. The molecule has 0 heterocycles. The smallest absolute Gasteiger partial charge is 0.0723 e. The second-order valence-electron chi connectivity index (χ2n) is 7.41. The second-order valence-corrected chi connectivity index (χ2v) is 7.41. The summed E-state index contributed by atoms with van der Waals surface area (Å²) in [6.07, 6.45) is 11.6. The van der Waals surface area contributed by atoms with Gasteiger partial charge >= 0.3 is 0 Å². The Hall–Kier alpha value is -0.340. The van der Waals surface area contributed by atoms with Crippen LogP contribution in [0.5, 0.6) is 0 Å². The highest BCUT2D eigenvalue weighted by Crippen LogP contribution is 2.56. The molecule has 1 unspecified atom stereocenters. The first-order valence-electron chi connectivity index (χ1n) is 8.31. The molecule has 0 aliphatic heterocycles. The fraction of sp³-hybridized carbons (Fsp3) is 0.882. The molecule has 0 spiro atoms. The van der Waals surface area contributed by atoms with Gasteiger partial charge in [-0.15, -0.1) is 0 Å². The normalized spacial score (nSPS) is 52.9. The predicted molar refractivity (Wildman–Crippen MR) is 74.5 cm³/mol. The van der Waals surface area contributed by atoms with E-state index in [9.17, 15) is 10.2 Å². The van der Waals surface area contributed by atoms with Crippen molar-refractivity contribution >= 4 is 0 Å². The third-order valence-corrected chi connectivity index (χ3v) is 6.71. The Balaban J connectivity index is 1.58. The first-order chi connectivity index (χ1) is 9.24. The molecule has 0 aromatic rings. The van der Waals surface area contributed by atoms with Gasteiger partial charge in [0.25, 0.3) is 0 Å². The van der Waals surface area contributed by atoms with Gasteiger partial charge in [-0.05, 0) is 81.0 Å². The molecule has 3 saturated carbocycles.